The highest BCUT2D eigenvalue weighted by atomic mass is 16.5. The Kier molecular flexibility index (Phi) is 4.86. The van der Waals surface area contributed by atoms with E-state index >= 15 is 0 Å². The largest absolute Gasteiger partial charge is 0.378 e. The smallest absolute Gasteiger partial charge is 0.131 e. The summed E-state index contributed by atoms with van der Waals surface area (Å²) in [6.45, 7) is 7.39. The summed E-state index contributed by atoms with van der Waals surface area (Å²) >= 11 is 0. The Morgan fingerprint density at radius 2 is 2.19 bits per heavy atom. The van der Waals surface area contributed by atoms with Crippen molar-refractivity contribution in [3.8, 4) is 0 Å². The van der Waals surface area contributed by atoms with E-state index in [9.17, 15) is 0 Å². The second kappa shape index (κ2) is 6.84. The van der Waals surface area contributed by atoms with Crippen molar-refractivity contribution in [3.63, 3.8) is 0 Å². The fraction of sp³-hybridized carbons (Fsp3) is 0.765. The maximum absolute atomic E-state index is 5.71. The van der Waals surface area contributed by atoms with Crippen LogP contribution in [-0.4, -0.2) is 35.8 Å². The van der Waals surface area contributed by atoms with Crippen LogP contribution in [-0.2, 0) is 24.0 Å². The van der Waals surface area contributed by atoms with Crippen LogP contribution >= 0.6 is 0 Å². The monoisotopic (exact) mass is 289 g/mol. The zero-order chi connectivity index (χ0) is 14.7. The molecule has 2 aliphatic rings. The molecule has 1 aliphatic carbocycles. The molecule has 1 N–H and O–H groups in total. The third kappa shape index (κ3) is 3.61. The maximum atomic E-state index is 5.71. The standard InChI is InChI=1S/C17H27N3O/c1-3-18-11-13-6-7-16-15(9-13)12(2)19-17(20-16)10-14-5-4-8-21-14/h13-14,18H,3-11H2,1-2H3. The first kappa shape index (κ1) is 14.9. The molecule has 0 amide bonds. The average Bonchev–Trinajstić information content (AvgIpc) is 2.98. The molecule has 4 nitrogen and oxygen atoms in total. The predicted octanol–water partition coefficient (Wildman–Crippen LogP) is 2.22. The normalized spacial score (nSPS) is 25.0. The number of aryl methyl sites for hydroxylation is 2. The third-order valence-corrected chi connectivity index (χ3v) is 4.75. The molecule has 4 heteroatoms. The van der Waals surface area contributed by atoms with Crippen LogP contribution in [0.4, 0.5) is 0 Å². The molecule has 1 aromatic heterocycles. The minimum absolute atomic E-state index is 0.340. The van der Waals surface area contributed by atoms with Crippen LogP contribution in [0.25, 0.3) is 0 Å². The summed E-state index contributed by atoms with van der Waals surface area (Å²) in [6.07, 6.45) is 7.05. The van der Waals surface area contributed by atoms with Crippen LogP contribution in [0.15, 0.2) is 0 Å². The summed E-state index contributed by atoms with van der Waals surface area (Å²) in [5, 5.41) is 3.47. The lowest BCUT2D eigenvalue weighted by molar-refractivity contribution is 0.109. The van der Waals surface area contributed by atoms with E-state index < -0.39 is 0 Å². The lowest BCUT2D eigenvalue weighted by Crippen LogP contribution is -2.28. The van der Waals surface area contributed by atoms with Gasteiger partial charge in [-0.15, -0.1) is 0 Å². The molecule has 1 saturated heterocycles. The maximum Gasteiger partial charge on any atom is 0.131 e. The predicted molar refractivity (Wildman–Crippen MR) is 83.5 cm³/mol. The van der Waals surface area contributed by atoms with Crippen LogP contribution in [0.2, 0.25) is 0 Å². The van der Waals surface area contributed by atoms with Crippen LogP contribution < -0.4 is 5.32 Å². The first-order valence-corrected chi connectivity index (χ1v) is 8.43. The van der Waals surface area contributed by atoms with Crippen molar-refractivity contribution < 1.29 is 4.74 Å². The Morgan fingerprint density at radius 3 is 2.95 bits per heavy atom. The number of hydrogen-bond donors (Lipinski definition) is 1. The molecule has 0 bridgehead atoms. The van der Waals surface area contributed by atoms with Gasteiger partial charge < -0.3 is 10.1 Å². The molecule has 2 heterocycles. The Bertz CT molecular complexity index is 483. The fourth-order valence-electron chi connectivity index (χ4n) is 3.54. The number of nitrogens with one attached hydrogen (secondary N) is 1. The van der Waals surface area contributed by atoms with Gasteiger partial charge in [-0.3, -0.25) is 0 Å². The second-order valence-corrected chi connectivity index (χ2v) is 6.41. The van der Waals surface area contributed by atoms with Crippen molar-refractivity contribution in [3.05, 3.63) is 22.8 Å². The molecule has 0 radical (unpaired) electrons. The van der Waals surface area contributed by atoms with Gasteiger partial charge >= 0.3 is 0 Å². The molecule has 0 aromatic carbocycles. The molecule has 1 aromatic rings. The van der Waals surface area contributed by atoms with Gasteiger partial charge in [-0.25, -0.2) is 9.97 Å². The lowest BCUT2D eigenvalue weighted by Gasteiger charge is -2.25. The zero-order valence-corrected chi connectivity index (χ0v) is 13.3. The minimum Gasteiger partial charge on any atom is -0.378 e. The van der Waals surface area contributed by atoms with Crippen molar-refractivity contribution in [2.24, 2.45) is 5.92 Å². The van der Waals surface area contributed by atoms with Gasteiger partial charge in [0.25, 0.3) is 0 Å². The molecular formula is C17H27N3O. The molecule has 2 atom stereocenters. The summed E-state index contributed by atoms with van der Waals surface area (Å²) in [6, 6.07) is 0. The van der Waals surface area contributed by atoms with E-state index in [-0.39, 0.29) is 0 Å². The van der Waals surface area contributed by atoms with Crippen LogP contribution in [0.5, 0.6) is 0 Å². The average molecular weight is 289 g/mol. The molecule has 0 saturated carbocycles. The second-order valence-electron chi connectivity index (χ2n) is 6.41. The van der Waals surface area contributed by atoms with Crippen LogP contribution in [0.3, 0.4) is 0 Å². The summed E-state index contributed by atoms with van der Waals surface area (Å²) < 4.78 is 5.71. The van der Waals surface area contributed by atoms with Crippen LogP contribution in [0.1, 0.15) is 49.0 Å². The first-order chi connectivity index (χ1) is 10.3. The number of hydrogen-bond acceptors (Lipinski definition) is 4. The fourth-order valence-corrected chi connectivity index (χ4v) is 3.54. The van der Waals surface area contributed by atoms with Crippen LogP contribution in [0, 0.1) is 12.8 Å². The van der Waals surface area contributed by atoms with E-state index in [1.54, 1.807) is 0 Å². The van der Waals surface area contributed by atoms with Gasteiger partial charge in [0.1, 0.15) is 5.82 Å². The molecule has 3 rings (SSSR count). The van der Waals surface area contributed by atoms with E-state index in [4.69, 9.17) is 14.7 Å². The molecule has 21 heavy (non-hydrogen) atoms. The van der Waals surface area contributed by atoms with Crippen molar-refractivity contribution in [2.45, 2.75) is 58.5 Å². The molecule has 1 aliphatic heterocycles. The van der Waals surface area contributed by atoms with Crippen molar-refractivity contribution in [1.29, 1.82) is 0 Å². The van der Waals surface area contributed by atoms with E-state index in [0.717, 1.165) is 57.1 Å². The quantitative estimate of drug-likeness (QED) is 0.903. The summed E-state index contributed by atoms with van der Waals surface area (Å²) in [5.74, 6) is 1.73. The van der Waals surface area contributed by atoms with Gasteiger partial charge in [-0.2, -0.15) is 0 Å². The summed E-state index contributed by atoms with van der Waals surface area (Å²) in [5.41, 5.74) is 3.89. The molecule has 116 valence electrons. The van der Waals surface area contributed by atoms with Gasteiger partial charge in [0, 0.05) is 24.4 Å². The Balaban J connectivity index is 1.70. The first-order valence-electron chi connectivity index (χ1n) is 8.43. The number of rotatable bonds is 5. The molecule has 0 spiro atoms. The highest BCUT2D eigenvalue weighted by Gasteiger charge is 2.24. The van der Waals surface area contributed by atoms with Gasteiger partial charge in [0.15, 0.2) is 0 Å². The highest BCUT2D eigenvalue weighted by Crippen LogP contribution is 2.26. The Labute approximate surface area is 127 Å². The third-order valence-electron chi connectivity index (χ3n) is 4.75. The topological polar surface area (TPSA) is 47.0 Å². The van der Waals surface area contributed by atoms with Crippen molar-refractivity contribution in [1.82, 2.24) is 15.3 Å². The number of aromatic nitrogens is 2. The molecule has 2 unspecified atom stereocenters. The SMILES string of the molecule is CCNCC1CCc2nc(CC3CCCO3)nc(C)c2C1. The Morgan fingerprint density at radius 1 is 1.29 bits per heavy atom. The molecule has 1 fully saturated rings. The van der Waals surface area contributed by atoms with Gasteiger partial charge in [0.05, 0.1) is 6.10 Å². The van der Waals surface area contributed by atoms with Gasteiger partial charge in [0.2, 0.25) is 0 Å². The number of fused-ring (bicyclic) bond motifs is 1. The number of ether oxygens (including phenoxy) is 1. The van der Waals surface area contributed by atoms with E-state index in [0.29, 0.717) is 6.10 Å². The van der Waals surface area contributed by atoms with E-state index in [2.05, 4.69) is 19.2 Å². The minimum atomic E-state index is 0.340. The van der Waals surface area contributed by atoms with Gasteiger partial charge in [-0.1, -0.05) is 6.92 Å². The Hall–Kier alpha value is -1.00. The summed E-state index contributed by atoms with van der Waals surface area (Å²) in [7, 11) is 0. The molecular weight excluding hydrogens is 262 g/mol. The highest BCUT2D eigenvalue weighted by molar-refractivity contribution is 5.28. The van der Waals surface area contributed by atoms with Gasteiger partial charge in [-0.05, 0) is 63.6 Å². The lowest BCUT2D eigenvalue weighted by atomic mass is 9.85. The zero-order valence-electron chi connectivity index (χ0n) is 13.3. The van der Waals surface area contributed by atoms with Crippen molar-refractivity contribution in [2.75, 3.05) is 19.7 Å². The number of nitrogens with zero attached hydrogens (tertiary/aromatic N) is 2. The van der Waals surface area contributed by atoms with E-state index in [1.165, 1.54) is 29.8 Å². The summed E-state index contributed by atoms with van der Waals surface area (Å²) in [4.78, 5) is 9.59. The van der Waals surface area contributed by atoms with Crippen molar-refractivity contribution >= 4 is 0 Å². The van der Waals surface area contributed by atoms with E-state index in [1.807, 2.05) is 0 Å².